The van der Waals surface area contributed by atoms with Crippen LogP contribution in [0.1, 0.15) is 39.0 Å². The third-order valence-corrected chi connectivity index (χ3v) is 2.45. The van der Waals surface area contributed by atoms with Crippen LogP contribution in [0.25, 0.3) is 0 Å². The largest absolute Gasteiger partial charge is 0.390 e. The first-order valence-electron chi connectivity index (χ1n) is 5.99. The second-order valence-electron chi connectivity index (χ2n) is 3.96. The lowest BCUT2D eigenvalue weighted by Gasteiger charge is -2.16. The Morgan fingerprint density at radius 1 is 1.07 bits per heavy atom. The highest BCUT2D eigenvalue weighted by Gasteiger charge is 2.13. The van der Waals surface area contributed by atoms with Crippen molar-refractivity contribution in [1.82, 2.24) is 5.32 Å². The van der Waals surface area contributed by atoms with E-state index in [1.807, 2.05) is 6.92 Å². The number of aliphatic hydroxyl groups excluding tert-OH is 2. The molecule has 2 atom stereocenters. The lowest BCUT2D eigenvalue weighted by atomic mass is 10.0. The first-order chi connectivity index (χ1) is 7.22. The van der Waals surface area contributed by atoms with E-state index in [0.717, 1.165) is 32.4 Å². The van der Waals surface area contributed by atoms with Gasteiger partial charge in [0.05, 0.1) is 12.2 Å². The molecule has 0 fully saturated rings. The molecule has 0 spiro atoms. The zero-order valence-corrected chi connectivity index (χ0v) is 9.78. The van der Waals surface area contributed by atoms with Crippen LogP contribution in [0.2, 0.25) is 0 Å². The van der Waals surface area contributed by atoms with E-state index >= 15 is 0 Å². The predicted molar refractivity (Wildman–Crippen MR) is 62.7 cm³/mol. The molecular weight excluding hydrogens is 192 g/mol. The van der Waals surface area contributed by atoms with Gasteiger partial charge in [0.1, 0.15) is 0 Å². The average Bonchev–Trinajstić information content (AvgIpc) is 2.23. The summed E-state index contributed by atoms with van der Waals surface area (Å²) in [5.74, 6) is 0. The standard InChI is InChI=1S/C11H26N2O2/c1-2-5-10(14)11(15)6-3-4-8-13-9-7-12/h10-11,13-15H,2-9,12H2,1H3. The molecule has 92 valence electrons. The fraction of sp³-hybridized carbons (Fsp3) is 1.00. The van der Waals surface area contributed by atoms with Crippen molar-refractivity contribution in [1.29, 1.82) is 0 Å². The fourth-order valence-electron chi connectivity index (χ4n) is 1.51. The molecule has 15 heavy (non-hydrogen) atoms. The predicted octanol–water partition coefficient (Wildman–Crippen LogP) is 0.227. The lowest BCUT2D eigenvalue weighted by molar-refractivity contribution is 0.00828. The third kappa shape index (κ3) is 8.81. The molecular formula is C11H26N2O2. The summed E-state index contributed by atoms with van der Waals surface area (Å²) in [6.07, 6.45) is 3.15. The summed E-state index contributed by atoms with van der Waals surface area (Å²) in [6.45, 7) is 4.46. The van der Waals surface area contributed by atoms with Crippen molar-refractivity contribution < 1.29 is 10.2 Å². The van der Waals surface area contributed by atoms with Gasteiger partial charge >= 0.3 is 0 Å². The van der Waals surface area contributed by atoms with Crippen LogP contribution in [0.4, 0.5) is 0 Å². The van der Waals surface area contributed by atoms with Crippen molar-refractivity contribution in [3.63, 3.8) is 0 Å². The zero-order valence-electron chi connectivity index (χ0n) is 9.78. The maximum absolute atomic E-state index is 9.56. The molecule has 4 heteroatoms. The minimum Gasteiger partial charge on any atom is -0.390 e. The normalized spacial score (nSPS) is 15.2. The van der Waals surface area contributed by atoms with Crippen LogP contribution in [-0.4, -0.2) is 42.1 Å². The summed E-state index contributed by atoms with van der Waals surface area (Å²) >= 11 is 0. The van der Waals surface area contributed by atoms with Crippen molar-refractivity contribution in [2.45, 2.75) is 51.2 Å². The van der Waals surface area contributed by atoms with Gasteiger partial charge in [0.15, 0.2) is 0 Å². The molecule has 0 radical (unpaired) electrons. The molecule has 2 unspecified atom stereocenters. The minimum absolute atomic E-state index is 0.549. The van der Waals surface area contributed by atoms with Gasteiger partial charge in [0.25, 0.3) is 0 Å². The molecule has 0 aliphatic carbocycles. The minimum atomic E-state index is -0.556. The number of nitrogens with one attached hydrogen (secondary N) is 1. The van der Waals surface area contributed by atoms with E-state index in [0.29, 0.717) is 19.4 Å². The molecule has 0 saturated carbocycles. The monoisotopic (exact) mass is 218 g/mol. The van der Waals surface area contributed by atoms with Gasteiger partial charge in [-0.15, -0.1) is 0 Å². The molecule has 0 aromatic carbocycles. The fourth-order valence-corrected chi connectivity index (χ4v) is 1.51. The Hall–Kier alpha value is -0.160. The lowest BCUT2D eigenvalue weighted by Crippen LogP contribution is -2.26. The summed E-state index contributed by atoms with van der Waals surface area (Å²) in [6, 6.07) is 0. The van der Waals surface area contributed by atoms with E-state index in [1.165, 1.54) is 0 Å². The number of nitrogens with two attached hydrogens (primary N) is 1. The molecule has 0 heterocycles. The van der Waals surface area contributed by atoms with E-state index in [1.54, 1.807) is 0 Å². The van der Waals surface area contributed by atoms with Crippen molar-refractivity contribution in [2.24, 2.45) is 5.73 Å². The summed E-state index contributed by atoms with van der Waals surface area (Å²) in [4.78, 5) is 0. The first kappa shape index (κ1) is 14.8. The van der Waals surface area contributed by atoms with Crippen molar-refractivity contribution >= 4 is 0 Å². The van der Waals surface area contributed by atoms with Crippen LogP contribution in [-0.2, 0) is 0 Å². The van der Waals surface area contributed by atoms with E-state index in [2.05, 4.69) is 5.32 Å². The van der Waals surface area contributed by atoms with Gasteiger partial charge in [-0.05, 0) is 32.2 Å². The summed E-state index contributed by atoms with van der Waals surface area (Å²) in [7, 11) is 0. The van der Waals surface area contributed by atoms with Crippen LogP contribution >= 0.6 is 0 Å². The quantitative estimate of drug-likeness (QED) is 0.396. The molecule has 0 aromatic rings. The van der Waals surface area contributed by atoms with Gasteiger partial charge in [-0.25, -0.2) is 0 Å². The van der Waals surface area contributed by atoms with Crippen LogP contribution in [0.5, 0.6) is 0 Å². The summed E-state index contributed by atoms with van der Waals surface area (Å²) < 4.78 is 0. The van der Waals surface area contributed by atoms with E-state index in [9.17, 15) is 10.2 Å². The van der Waals surface area contributed by atoms with Gasteiger partial charge in [-0.1, -0.05) is 13.3 Å². The highest BCUT2D eigenvalue weighted by atomic mass is 16.3. The Kier molecular flexibility index (Phi) is 10.3. The van der Waals surface area contributed by atoms with Gasteiger partial charge in [0, 0.05) is 13.1 Å². The Labute approximate surface area is 92.9 Å². The van der Waals surface area contributed by atoms with Crippen molar-refractivity contribution in [3.05, 3.63) is 0 Å². The van der Waals surface area contributed by atoms with Crippen molar-refractivity contribution in [2.75, 3.05) is 19.6 Å². The van der Waals surface area contributed by atoms with Crippen LogP contribution in [0, 0.1) is 0 Å². The molecule has 4 nitrogen and oxygen atoms in total. The van der Waals surface area contributed by atoms with Gasteiger partial charge < -0.3 is 21.3 Å². The number of unbranched alkanes of at least 4 members (excludes halogenated alkanes) is 1. The number of aliphatic hydroxyl groups is 2. The molecule has 0 bridgehead atoms. The molecule has 5 N–H and O–H groups in total. The van der Waals surface area contributed by atoms with E-state index in [4.69, 9.17) is 5.73 Å². The van der Waals surface area contributed by atoms with Crippen LogP contribution in [0.15, 0.2) is 0 Å². The topological polar surface area (TPSA) is 78.5 Å². The molecule has 0 rings (SSSR count). The molecule has 0 amide bonds. The second-order valence-corrected chi connectivity index (χ2v) is 3.96. The highest BCUT2D eigenvalue weighted by Crippen LogP contribution is 2.08. The van der Waals surface area contributed by atoms with E-state index in [-0.39, 0.29) is 0 Å². The summed E-state index contributed by atoms with van der Waals surface area (Å²) in [5, 5.41) is 22.2. The maximum Gasteiger partial charge on any atom is 0.0799 e. The van der Waals surface area contributed by atoms with Gasteiger partial charge in [-0.2, -0.15) is 0 Å². The molecule has 0 saturated heterocycles. The third-order valence-electron chi connectivity index (χ3n) is 2.45. The van der Waals surface area contributed by atoms with Gasteiger partial charge in [0.2, 0.25) is 0 Å². The Morgan fingerprint density at radius 3 is 2.33 bits per heavy atom. The first-order valence-corrected chi connectivity index (χ1v) is 5.99. The highest BCUT2D eigenvalue weighted by molar-refractivity contribution is 4.66. The molecule has 0 aliphatic rings. The Morgan fingerprint density at radius 2 is 1.73 bits per heavy atom. The maximum atomic E-state index is 9.56. The van der Waals surface area contributed by atoms with Crippen LogP contribution < -0.4 is 11.1 Å². The smallest absolute Gasteiger partial charge is 0.0799 e. The SMILES string of the molecule is CCCC(O)C(O)CCCCNCCN. The summed E-state index contributed by atoms with van der Waals surface area (Å²) in [5.41, 5.74) is 5.33. The Balaban J connectivity index is 3.26. The number of hydrogen-bond donors (Lipinski definition) is 4. The number of rotatable bonds is 10. The second kappa shape index (κ2) is 10.4. The Bertz CT molecular complexity index is 134. The zero-order chi connectivity index (χ0) is 11.5. The number of hydrogen-bond acceptors (Lipinski definition) is 4. The molecule has 0 aromatic heterocycles. The average molecular weight is 218 g/mol. The van der Waals surface area contributed by atoms with E-state index < -0.39 is 12.2 Å². The van der Waals surface area contributed by atoms with Gasteiger partial charge in [-0.3, -0.25) is 0 Å². The van der Waals surface area contributed by atoms with Crippen molar-refractivity contribution in [3.8, 4) is 0 Å². The molecule has 0 aliphatic heterocycles. The van der Waals surface area contributed by atoms with Crippen LogP contribution in [0.3, 0.4) is 0 Å².